The van der Waals surface area contributed by atoms with Crippen LogP contribution in [0.2, 0.25) is 0 Å². The Labute approximate surface area is 128 Å². The standard InChI is InChI=1S/C17H21F2NO2/c18-13-4-5-15(19)11(8-13)3-6-16(22)20-17-12-2-1-10(7-12)14(17)9-21/h4-5,8,10,12,14,17,21H,1-3,6-7,9H2,(H,20,22). The molecule has 0 aromatic heterocycles. The number of aliphatic hydroxyl groups is 1. The molecule has 3 rings (SSSR count). The van der Waals surface area contributed by atoms with Crippen LogP contribution in [0.4, 0.5) is 8.78 Å². The second-order valence-electron chi connectivity index (χ2n) is 6.51. The van der Waals surface area contributed by atoms with Gasteiger partial charge < -0.3 is 10.4 Å². The maximum Gasteiger partial charge on any atom is 0.220 e. The monoisotopic (exact) mass is 309 g/mol. The van der Waals surface area contributed by atoms with Gasteiger partial charge in [0.25, 0.3) is 0 Å². The molecule has 5 heteroatoms. The van der Waals surface area contributed by atoms with Crippen molar-refractivity contribution in [2.75, 3.05) is 6.61 Å². The number of hydrogen-bond donors (Lipinski definition) is 2. The van der Waals surface area contributed by atoms with E-state index in [2.05, 4.69) is 5.32 Å². The maximum absolute atomic E-state index is 13.5. The average Bonchev–Trinajstić information content (AvgIpc) is 3.09. The largest absolute Gasteiger partial charge is 0.396 e. The van der Waals surface area contributed by atoms with E-state index in [1.54, 1.807) is 0 Å². The zero-order valence-electron chi connectivity index (χ0n) is 12.4. The van der Waals surface area contributed by atoms with E-state index in [9.17, 15) is 18.7 Å². The van der Waals surface area contributed by atoms with Crippen molar-refractivity contribution < 1.29 is 18.7 Å². The molecular formula is C17H21F2NO2. The smallest absolute Gasteiger partial charge is 0.220 e. The highest BCUT2D eigenvalue weighted by Crippen LogP contribution is 2.48. The highest BCUT2D eigenvalue weighted by Gasteiger charge is 2.47. The van der Waals surface area contributed by atoms with Crippen molar-refractivity contribution in [2.24, 2.45) is 17.8 Å². The molecule has 2 N–H and O–H groups in total. The minimum absolute atomic E-state index is 0.0357. The van der Waals surface area contributed by atoms with Gasteiger partial charge in [0, 0.05) is 25.0 Å². The van der Waals surface area contributed by atoms with Gasteiger partial charge in [-0.3, -0.25) is 4.79 Å². The molecule has 2 fully saturated rings. The van der Waals surface area contributed by atoms with Crippen molar-refractivity contribution in [2.45, 2.75) is 38.1 Å². The number of amides is 1. The van der Waals surface area contributed by atoms with Crippen LogP contribution in [0, 0.1) is 29.4 Å². The molecule has 2 bridgehead atoms. The molecule has 4 atom stereocenters. The lowest BCUT2D eigenvalue weighted by molar-refractivity contribution is -0.122. The second kappa shape index (κ2) is 6.32. The van der Waals surface area contributed by atoms with E-state index in [4.69, 9.17) is 0 Å². The number of rotatable bonds is 5. The van der Waals surface area contributed by atoms with Crippen molar-refractivity contribution in [1.29, 1.82) is 0 Å². The molecule has 4 unspecified atom stereocenters. The predicted molar refractivity (Wildman–Crippen MR) is 78.0 cm³/mol. The number of benzene rings is 1. The molecule has 2 saturated carbocycles. The fourth-order valence-electron chi connectivity index (χ4n) is 4.14. The first-order valence-corrected chi connectivity index (χ1v) is 7.92. The summed E-state index contributed by atoms with van der Waals surface area (Å²) in [5.74, 6) is -0.0150. The molecule has 1 aromatic rings. The first kappa shape index (κ1) is 15.4. The third-order valence-electron chi connectivity index (χ3n) is 5.26. The van der Waals surface area contributed by atoms with E-state index < -0.39 is 11.6 Å². The maximum atomic E-state index is 13.5. The lowest BCUT2D eigenvalue weighted by Gasteiger charge is -2.30. The van der Waals surface area contributed by atoms with Crippen molar-refractivity contribution in [3.8, 4) is 0 Å². The SMILES string of the molecule is O=C(CCc1cc(F)ccc1F)NC1C2CCC(C2)C1CO. The van der Waals surface area contributed by atoms with Crippen molar-refractivity contribution >= 4 is 5.91 Å². The van der Waals surface area contributed by atoms with Crippen molar-refractivity contribution in [3.63, 3.8) is 0 Å². The predicted octanol–water partition coefficient (Wildman–Crippen LogP) is 2.42. The minimum Gasteiger partial charge on any atom is -0.396 e. The Kier molecular flexibility index (Phi) is 4.43. The van der Waals surface area contributed by atoms with Gasteiger partial charge in [-0.05, 0) is 61.3 Å². The van der Waals surface area contributed by atoms with Gasteiger partial charge >= 0.3 is 0 Å². The third kappa shape index (κ3) is 3.00. The Balaban J connectivity index is 1.55. The van der Waals surface area contributed by atoms with Gasteiger partial charge in [-0.25, -0.2) is 8.78 Å². The van der Waals surface area contributed by atoms with Gasteiger partial charge in [-0.1, -0.05) is 0 Å². The number of hydrogen-bond acceptors (Lipinski definition) is 2. The molecule has 0 radical (unpaired) electrons. The van der Waals surface area contributed by atoms with E-state index in [1.165, 1.54) is 0 Å². The van der Waals surface area contributed by atoms with Crippen molar-refractivity contribution in [3.05, 3.63) is 35.4 Å². The molecule has 22 heavy (non-hydrogen) atoms. The molecule has 120 valence electrons. The summed E-state index contributed by atoms with van der Waals surface area (Å²) in [4.78, 5) is 12.1. The first-order valence-electron chi connectivity index (χ1n) is 7.92. The number of aliphatic hydroxyl groups excluding tert-OH is 1. The third-order valence-corrected chi connectivity index (χ3v) is 5.26. The first-order chi connectivity index (χ1) is 10.6. The van der Waals surface area contributed by atoms with Crippen LogP contribution in [0.5, 0.6) is 0 Å². The molecule has 1 aromatic carbocycles. The number of halogens is 2. The van der Waals surface area contributed by atoms with Crippen LogP contribution in [0.15, 0.2) is 18.2 Å². The summed E-state index contributed by atoms with van der Waals surface area (Å²) in [5, 5.41) is 12.5. The van der Waals surface area contributed by atoms with Gasteiger partial charge in [0.15, 0.2) is 0 Å². The van der Waals surface area contributed by atoms with Gasteiger partial charge in [-0.2, -0.15) is 0 Å². The minimum atomic E-state index is -0.495. The normalized spacial score (nSPS) is 29.8. The van der Waals surface area contributed by atoms with Crippen LogP contribution in [-0.2, 0) is 11.2 Å². The van der Waals surface area contributed by atoms with E-state index in [0.717, 1.165) is 37.5 Å². The number of carbonyl (C=O) groups is 1. The Hall–Kier alpha value is -1.49. The zero-order valence-corrected chi connectivity index (χ0v) is 12.4. The molecule has 2 aliphatic carbocycles. The topological polar surface area (TPSA) is 49.3 Å². The number of aryl methyl sites for hydroxylation is 1. The highest BCUT2D eigenvalue weighted by molar-refractivity contribution is 5.76. The van der Waals surface area contributed by atoms with Crippen LogP contribution in [0.25, 0.3) is 0 Å². The fourth-order valence-corrected chi connectivity index (χ4v) is 4.14. The Morgan fingerprint density at radius 3 is 2.82 bits per heavy atom. The molecule has 2 aliphatic rings. The molecule has 0 aliphatic heterocycles. The van der Waals surface area contributed by atoms with Crippen LogP contribution in [0.3, 0.4) is 0 Å². The quantitative estimate of drug-likeness (QED) is 0.877. The lowest BCUT2D eigenvalue weighted by Crippen LogP contribution is -2.45. The summed E-state index contributed by atoms with van der Waals surface area (Å²) in [6.07, 6.45) is 3.63. The lowest BCUT2D eigenvalue weighted by atomic mass is 9.85. The van der Waals surface area contributed by atoms with Crippen molar-refractivity contribution in [1.82, 2.24) is 5.32 Å². The number of fused-ring (bicyclic) bond motifs is 2. The fraction of sp³-hybridized carbons (Fsp3) is 0.588. The van der Waals surface area contributed by atoms with E-state index >= 15 is 0 Å². The van der Waals surface area contributed by atoms with Crippen LogP contribution in [-0.4, -0.2) is 23.7 Å². The summed E-state index contributed by atoms with van der Waals surface area (Å²) < 4.78 is 26.6. The van der Waals surface area contributed by atoms with E-state index in [1.807, 2.05) is 0 Å². The molecule has 0 saturated heterocycles. The van der Waals surface area contributed by atoms with Gasteiger partial charge in [-0.15, -0.1) is 0 Å². The Morgan fingerprint density at radius 1 is 1.27 bits per heavy atom. The number of carbonyl (C=O) groups excluding carboxylic acids is 1. The highest BCUT2D eigenvalue weighted by atomic mass is 19.1. The van der Waals surface area contributed by atoms with Gasteiger partial charge in [0.2, 0.25) is 5.91 Å². The molecule has 3 nitrogen and oxygen atoms in total. The Bertz CT molecular complexity index is 564. The van der Waals surface area contributed by atoms with E-state index in [0.29, 0.717) is 11.8 Å². The molecular weight excluding hydrogens is 288 g/mol. The van der Waals surface area contributed by atoms with Crippen LogP contribution < -0.4 is 5.32 Å². The van der Waals surface area contributed by atoms with Gasteiger partial charge in [0.05, 0.1) is 0 Å². The summed E-state index contributed by atoms with van der Waals surface area (Å²) in [7, 11) is 0. The summed E-state index contributed by atoms with van der Waals surface area (Å²) in [5.41, 5.74) is 0.224. The van der Waals surface area contributed by atoms with Crippen LogP contribution in [0.1, 0.15) is 31.2 Å². The second-order valence-corrected chi connectivity index (χ2v) is 6.51. The molecule has 0 heterocycles. The zero-order chi connectivity index (χ0) is 15.7. The van der Waals surface area contributed by atoms with Crippen LogP contribution >= 0.6 is 0 Å². The summed E-state index contributed by atoms with van der Waals surface area (Å²) >= 11 is 0. The number of nitrogens with one attached hydrogen (secondary N) is 1. The molecule has 1 amide bonds. The molecule has 0 spiro atoms. The average molecular weight is 309 g/mol. The summed E-state index contributed by atoms with van der Waals surface area (Å²) in [6, 6.07) is 3.32. The Morgan fingerprint density at radius 2 is 2.05 bits per heavy atom. The van der Waals surface area contributed by atoms with E-state index in [-0.39, 0.29) is 42.9 Å². The summed E-state index contributed by atoms with van der Waals surface area (Å²) in [6.45, 7) is 0.102. The van der Waals surface area contributed by atoms with Gasteiger partial charge in [0.1, 0.15) is 11.6 Å².